The summed E-state index contributed by atoms with van der Waals surface area (Å²) < 4.78 is 5.38. The lowest BCUT2D eigenvalue weighted by Gasteiger charge is -2.31. The molecule has 1 aromatic carbocycles. The van der Waals surface area contributed by atoms with Gasteiger partial charge in [0.05, 0.1) is 11.6 Å². The Labute approximate surface area is 117 Å². The molecule has 0 bridgehead atoms. The quantitative estimate of drug-likeness (QED) is 0.907. The summed E-state index contributed by atoms with van der Waals surface area (Å²) in [6.07, 6.45) is 6.03. The highest BCUT2D eigenvalue weighted by Gasteiger charge is 2.34. The molecule has 1 saturated carbocycles. The van der Waals surface area contributed by atoms with Gasteiger partial charge in [-0.1, -0.05) is 37.5 Å². The fourth-order valence-corrected chi connectivity index (χ4v) is 2.86. The van der Waals surface area contributed by atoms with Crippen molar-refractivity contribution in [3.05, 3.63) is 36.1 Å². The standard InChI is InChI=1S/C16H16N2O2/c17-11-16(8-4-1-5-9-16)18-15(19)13-10-20-14-7-3-2-6-12(13)14/h2-3,6-7,10H,1,4-5,8-9H2,(H,18,19). The molecule has 4 heteroatoms. The Morgan fingerprint density at radius 2 is 2.00 bits per heavy atom. The maximum Gasteiger partial charge on any atom is 0.256 e. The van der Waals surface area contributed by atoms with Crippen LogP contribution in [0.2, 0.25) is 0 Å². The third-order valence-electron chi connectivity index (χ3n) is 4.00. The maximum absolute atomic E-state index is 12.4. The molecular formula is C16H16N2O2. The average Bonchev–Trinajstić information content (AvgIpc) is 2.92. The number of fused-ring (bicyclic) bond motifs is 1. The summed E-state index contributed by atoms with van der Waals surface area (Å²) in [5.74, 6) is -0.224. The summed E-state index contributed by atoms with van der Waals surface area (Å²) in [6, 6.07) is 9.71. The van der Waals surface area contributed by atoms with Gasteiger partial charge in [-0.05, 0) is 18.9 Å². The summed E-state index contributed by atoms with van der Waals surface area (Å²) in [7, 11) is 0. The molecule has 1 heterocycles. The van der Waals surface area contributed by atoms with E-state index in [0.29, 0.717) is 11.1 Å². The normalized spacial score (nSPS) is 17.6. The van der Waals surface area contributed by atoms with Crippen molar-refractivity contribution in [2.45, 2.75) is 37.6 Å². The molecule has 4 nitrogen and oxygen atoms in total. The highest BCUT2D eigenvalue weighted by Crippen LogP contribution is 2.29. The van der Waals surface area contributed by atoms with E-state index in [4.69, 9.17) is 4.42 Å². The first-order valence-corrected chi connectivity index (χ1v) is 6.94. The Morgan fingerprint density at radius 1 is 1.25 bits per heavy atom. The minimum atomic E-state index is -0.715. The van der Waals surface area contributed by atoms with E-state index in [2.05, 4.69) is 11.4 Å². The van der Waals surface area contributed by atoms with Crippen molar-refractivity contribution < 1.29 is 9.21 Å². The van der Waals surface area contributed by atoms with Crippen LogP contribution < -0.4 is 5.32 Å². The minimum Gasteiger partial charge on any atom is -0.463 e. The topological polar surface area (TPSA) is 66.0 Å². The van der Waals surface area contributed by atoms with E-state index in [1.54, 1.807) is 0 Å². The molecule has 0 unspecified atom stereocenters. The van der Waals surface area contributed by atoms with Crippen LogP contribution in [0.25, 0.3) is 11.0 Å². The summed E-state index contributed by atoms with van der Waals surface area (Å²) >= 11 is 0. The van der Waals surface area contributed by atoms with Crippen LogP contribution in [0.15, 0.2) is 34.9 Å². The van der Waals surface area contributed by atoms with Crippen LogP contribution in [0.4, 0.5) is 0 Å². The van der Waals surface area contributed by atoms with Crippen LogP contribution in [0.1, 0.15) is 42.5 Å². The molecule has 102 valence electrons. The third-order valence-corrected chi connectivity index (χ3v) is 4.00. The summed E-state index contributed by atoms with van der Waals surface area (Å²) in [5.41, 5.74) is 0.473. The van der Waals surface area contributed by atoms with E-state index < -0.39 is 5.54 Å². The van der Waals surface area contributed by atoms with E-state index in [1.165, 1.54) is 6.26 Å². The number of furan rings is 1. The Balaban J connectivity index is 1.87. The van der Waals surface area contributed by atoms with Gasteiger partial charge in [-0.2, -0.15) is 5.26 Å². The lowest BCUT2D eigenvalue weighted by molar-refractivity contribution is 0.0903. The predicted octanol–water partition coefficient (Wildman–Crippen LogP) is 3.39. The minimum absolute atomic E-state index is 0.224. The number of rotatable bonds is 2. The molecule has 1 N–H and O–H groups in total. The summed E-state index contributed by atoms with van der Waals surface area (Å²) in [5, 5.41) is 13.1. The van der Waals surface area contributed by atoms with Crippen molar-refractivity contribution in [3.63, 3.8) is 0 Å². The molecule has 0 radical (unpaired) electrons. The highest BCUT2D eigenvalue weighted by atomic mass is 16.3. The van der Waals surface area contributed by atoms with E-state index >= 15 is 0 Å². The number of carbonyl (C=O) groups is 1. The van der Waals surface area contributed by atoms with E-state index in [0.717, 1.165) is 37.5 Å². The molecule has 0 spiro atoms. The van der Waals surface area contributed by atoms with Crippen LogP contribution in [0, 0.1) is 11.3 Å². The smallest absolute Gasteiger partial charge is 0.256 e. The van der Waals surface area contributed by atoms with Gasteiger partial charge in [-0.15, -0.1) is 0 Å². The highest BCUT2D eigenvalue weighted by molar-refractivity contribution is 6.06. The molecule has 0 saturated heterocycles. The van der Waals surface area contributed by atoms with Gasteiger partial charge in [0.2, 0.25) is 0 Å². The summed E-state index contributed by atoms with van der Waals surface area (Å²) in [6.45, 7) is 0. The lowest BCUT2D eigenvalue weighted by atomic mass is 9.82. The molecule has 20 heavy (non-hydrogen) atoms. The van der Waals surface area contributed by atoms with Gasteiger partial charge in [0.1, 0.15) is 17.4 Å². The Bertz CT molecular complexity index is 675. The number of carbonyl (C=O) groups excluding carboxylic acids is 1. The van der Waals surface area contributed by atoms with Gasteiger partial charge in [-0.3, -0.25) is 4.79 Å². The molecule has 0 aliphatic heterocycles. The molecular weight excluding hydrogens is 252 g/mol. The molecule has 1 aliphatic rings. The fourth-order valence-electron chi connectivity index (χ4n) is 2.86. The number of para-hydroxylation sites is 1. The van der Waals surface area contributed by atoms with Gasteiger partial charge >= 0.3 is 0 Å². The molecule has 3 rings (SSSR count). The van der Waals surface area contributed by atoms with E-state index in [-0.39, 0.29) is 5.91 Å². The largest absolute Gasteiger partial charge is 0.463 e. The average molecular weight is 268 g/mol. The molecule has 1 fully saturated rings. The van der Waals surface area contributed by atoms with Crippen LogP contribution >= 0.6 is 0 Å². The number of nitrogens with one attached hydrogen (secondary N) is 1. The second-order valence-corrected chi connectivity index (χ2v) is 5.35. The number of nitriles is 1. The van der Waals surface area contributed by atoms with Gasteiger partial charge in [0, 0.05) is 5.39 Å². The first kappa shape index (κ1) is 12.7. The maximum atomic E-state index is 12.4. The van der Waals surface area contributed by atoms with Crippen molar-refractivity contribution in [1.29, 1.82) is 5.26 Å². The predicted molar refractivity (Wildman–Crippen MR) is 75.1 cm³/mol. The molecule has 0 atom stereocenters. The number of hydrogen-bond donors (Lipinski definition) is 1. The van der Waals surface area contributed by atoms with Gasteiger partial charge in [0.15, 0.2) is 0 Å². The third kappa shape index (κ3) is 2.16. The Hall–Kier alpha value is -2.28. The second-order valence-electron chi connectivity index (χ2n) is 5.35. The van der Waals surface area contributed by atoms with Crippen molar-refractivity contribution in [2.24, 2.45) is 0 Å². The second kappa shape index (κ2) is 5.01. The molecule has 1 aromatic heterocycles. The zero-order chi connectivity index (χ0) is 14.0. The Morgan fingerprint density at radius 3 is 2.75 bits per heavy atom. The van der Waals surface area contributed by atoms with Crippen molar-refractivity contribution in [1.82, 2.24) is 5.32 Å². The molecule has 1 amide bonds. The number of hydrogen-bond acceptors (Lipinski definition) is 3. The van der Waals surface area contributed by atoms with Crippen molar-refractivity contribution >= 4 is 16.9 Å². The first-order valence-electron chi connectivity index (χ1n) is 6.94. The fraction of sp³-hybridized carbons (Fsp3) is 0.375. The molecule has 1 aliphatic carbocycles. The zero-order valence-electron chi connectivity index (χ0n) is 11.2. The first-order chi connectivity index (χ1) is 9.74. The van der Waals surface area contributed by atoms with Gasteiger partial charge in [-0.25, -0.2) is 0 Å². The zero-order valence-corrected chi connectivity index (χ0v) is 11.2. The lowest BCUT2D eigenvalue weighted by Crippen LogP contribution is -2.48. The molecule has 2 aromatic rings. The number of benzene rings is 1. The van der Waals surface area contributed by atoms with Crippen LogP contribution in [-0.4, -0.2) is 11.4 Å². The number of nitrogens with zero attached hydrogens (tertiary/aromatic N) is 1. The van der Waals surface area contributed by atoms with Gasteiger partial charge in [0.25, 0.3) is 5.91 Å². The van der Waals surface area contributed by atoms with E-state index in [1.807, 2.05) is 24.3 Å². The van der Waals surface area contributed by atoms with Crippen LogP contribution in [0.3, 0.4) is 0 Å². The summed E-state index contributed by atoms with van der Waals surface area (Å²) in [4.78, 5) is 12.4. The number of amides is 1. The van der Waals surface area contributed by atoms with Crippen LogP contribution in [-0.2, 0) is 0 Å². The van der Waals surface area contributed by atoms with Crippen molar-refractivity contribution in [2.75, 3.05) is 0 Å². The Kier molecular flexibility index (Phi) is 3.19. The van der Waals surface area contributed by atoms with E-state index in [9.17, 15) is 10.1 Å². The van der Waals surface area contributed by atoms with Crippen LogP contribution in [0.5, 0.6) is 0 Å². The van der Waals surface area contributed by atoms with Crippen molar-refractivity contribution in [3.8, 4) is 6.07 Å². The monoisotopic (exact) mass is 268 g/mol. The SMILES string of the molecule is N#CC1(NC(=O)c2coc3ccccc23)CCCCC1. The van der Waals surface area contributed by atoms with Gasteiger partial charge < -0.3 is 9.73 Å².